The van der Waals surface area contributed by atoms with E-state index in [1.165, 1.54) is 4.80 Å². The van der Waals surface area contributed by atoms with Crippen LogP contribution in [-0.4, -0.2) is 42.9 Å². The fourth-order valence-corrected chi connectivity index (χ4v) is 8.82. The van der Waals surface area contributed by atoms with Gasteiger partial charge < -0.3 is 5.11 Å². The SMILES string of the molecule is Cc1nnn(CC(=O)[C@H]2CC[C@H]3[C@@H]4CC[C@@H]5C[C@](C)(O)CC[C@]5(C(F)(F)F)[C@H]4CC[C@]23C)n1. The van der Waals surface area contributed by atoms with Crippen molar-refractivity contribution in [2.45, 2.75) is 96.9 Å². The zero-order valence-electron chi connectivity index (χ0n) is 19.7. The van der Waals surface area contributed by atoms with Crippen molar-refractivity contribution in [3.8, 4) is 0 Å². The van der Waals surface area contributed by atoms with Crippen LogP contribution in [0.1, 0.15) is 77.5 Å². The second kappa shape index (κ2) is 7.49. The van der Waals surface area contributed by atoms with E-state index in [-0.39, 0.29) is 54.8 Å². The van der Waals surface area contributed by atoms with Crippen molar-refractivity contribution in [3.63, 3.8) is 0 Å². The largest absolute Gasteiger partial charge is 0.395 e. The van der Waals surface area contributed by atoms with E-state index < -0.39 is 29.0 Å². The maximum atomic E-state index is 14.8. The Hall–Kier alpha value is -1.51. The Morgan fingerprint density at radius 2 is 1.85 bits per heavy atom. The Labute approximate surface area is 192 Å². The van der Waals surface area contributed by atoms with Gasteiger partial charge in [-0.1, -0.05) is 6.92 Å². The number of carbonyl (C=O) groups is 1. The number of fused-ring (bicyclic) bond motifs is 5. The molecule has 0 aromatic carbocycles. The van der Waals surface area contributed by atoms with Crippen LogP contribution >= 0.6 is 0 Å². The van der Waals surface area contributed by atoms with E-state index in [0.29, 0.717) is 25.1 Å². The molecule has 0 unspecified atom stereocenters. The van der Waals surface area contributed by atoms with E-state index in [1.807, 2.05) is 0 Å². The molecule has 184 valence electrons. The molecule has 4 aliphatic carbocycles. The van der Waals surface area contributed by atoms with Crippen LogP contribution in [0.5, 0.6) is 0 Å². The molecule has 9 heteroatoms. The van der Waals surface area contributed by atoms with Gasteiger partial charge in [0, 0.05) is 5.92 Å². The predicted molar refractivity (Wildman–Crippen MR) is 114 cm³/mol. The number of Topliss-reactive ketones (excluding diaryl/α,β-unsaturated/α-hetero) is 1. The fraction of sp³-hybridized carbons (Fsp3) is 0.917. The van der Waals surface area contributed by atoms with E-state index in [4.69, 9.17) is 0 Å². The van der Waals surface area contributed by atoms with Crippen molar-refractivity contribution in [1.82, 2.24) is 20.2 Å². The van der Waals surface area contributed by atoms with Gasteiger partial charge in [0.05, 0.1) is 11.0 Å². The van der Waals surface area contributed by atoms with Crippen LogP contribution < -0.4 is 0 Å². The summed E-state index contributed by atoms with van der Waals surface area (Å²) >= 11 is 0. The van der Waals surface area contributed by atoms with E-state index in [1.54, 1.807) is 13.8 Å². The van der Waals surface area contributed by atoms with Gasteiger partial charge in [-0.25, -0.2) is 0 Å². The van der Waals surface area contributed by atoms with Crippen LogP contribution in [0.15, 0.2) is 0 Å². The average molecular weight is 469 g/mol. The van der Waals surface area contributed by atoms with Crippen molar-refractivity contribution in [3.05, 3.63) is 5.82 Å². The zero-order chi connectivity index (χ0) is 23.8. The molecule has 6 nitrogen and oxygen atoms in total. The maximum absolute atomic E-state index is 14.8. The molecular weight excluding hydrogens is 433 g/mol. The van der Waals surface area contributed by atoms with E-state index >= 15 is 0 Å². The fourth-order valence-electron chi connectivity index (χ4n) is 8.82. The van der Waals surface area contributed by atoms with Crippen LogP contribution in [-0.2, 0) is 11.3 Å². The monoisotopic (exact) mass is 468 g/mol. The van der Waals surface area contributed by atoms with Crippen LogP contribution in [0.25, 0.3) is 0 Å². The molecule has 0 amide bonds. The summed E-state index contributed by atoms with van der Waals surface area (Å²) in [6.07, 6.45) is 0.206. The van der Waals surface area contributed by atoms with Crippen molar-refractivity contribution >= 4 is 5.78 Å². The molecule has 4 aliphatic rings. The Balaban J connectivity index is 1.41. The number of carbonyl (C=O) groups excluding carboxylic acids is 1. The van der Waals surface area contributed by atoms with E-state index in [0.717, 1.165) is 19.3 Å². The van der Waals surface area contributed by atoms with E-state index in [9.17, 15) is 23.1 Å². The number of rotatable bonds is 3. The molecule has 1 aromatic rings. The Morgan fingerprint density at radius 1 is 1.09 bits per heavy atom. The quantitative estimate of drug-likeness (QED) is 0.706. The van der Waals surface area contributed by atoms with Gasteiger partial charge in [-0.15, -0.1) is 10.2 Å². The summed E-state index contributed by atoms with van der Waals surface area (Å²) in [5, 5.41) is 22.5. The number of hydrogen-bond acceptors (Lipinski definition) is 5. The lowest BCUT2D eigenvalue weighted by molar-refractivity contribution is -0.310. The highest BCUT2D eigenvalue weighted by Crippen LogP contribution is 2.71. The minimum Gasteiger partial charge on any atom is -0.390 e. The molecule has 1 aromatic heterocycles. The number of hydrogen-bond donors (Lipinski definition) is 1. The van der Waals surface area contributed by atoms with Gasteiger partial charge in [-0.3, -0.25) is 4.79 Å². The van der Waals surface area contributed by atoms with Crippen LogP contribution in [0, 0.1) is 47.3 Å². The van der Waals surface area contributed by atoms with E-state index in [2.05, 4.69) is 22.3 Å². The van der Waals surface area contributed by atoms with Crippen molar-refractivity contribution in [2.75, 3.05) is 0 Å². The van der Waals surface area contributed by atoms with Gasteiger partial charge in [0.25, 0.3) is 0 Å². The second-order valence-corrected chi connectivity index (χ2v) is 11.9. The second-order valence-electron chi connectivity index (χ2n) is 11.9. The molecule has 0 spiro atoms. The molecule has 1 N–H and O–H groups in total. The lowest BCUT2D eigenvalue weighted by atomic mass is 9.43. The standard InChI is InChI=1S/C24H35F3N4O2/c1-14-28-30-31(29-14)13-20(32)19-7-6-17-16-5-4-15-12-21(2,33)10-11-23(15,24(25,26)27)18(16)8-9-22(17,19)3/h15-19,33H,4-13H2,1-3H3/t15-,16+,17+,18+,19-,21-,22+,23-/m1/s1. The zero-order valence-corrected chi connectivity index (χ0v) is 19.7. The first kappa shape index (κ1) is 23.2. The molecule has 1 heterocycles. The number of halogens is 3. The highest BCUT2D eigenvalue weighted by Gasteiger charge is 2.71. The number of tetrazole rings is 1. The highest BCUT2D eigenvalue weighted by atomic mass is 19.4. The molecule has 4 fully saturated rings. The van der Waals surface area contributed by atoms with Gasteiger partial charge in [-0.2, -0.15) is 18.0 Å². The third kappa shape index (κ3) is 3.47. The predicted octanol–water partition coefficient (Wildman–Crippen LogP) is 4.50. The molecule has 0 bridgehead atoms. The molecule has 8 atom stereocenters. The van der Waals surface area contributed by atoms with Crippen molar-refractivity contribution in [2.24, 2.45) is 40.4 Å². The first-order valence-corrected chi connectivity index (χ1v) is 12.4. The summed E-state index contributed by atoms with van der Waals surface area (Å²) in [5.41, 5.74) is -2.97. The van der Waals surface area contributed by atoms with Gasteiger partial charge in [0.1, 0.15) is 6.54 Å². The molecule has 0 saturated heterocycles. The smallest absolute Gasteiger partial charge is 0.390 e. The number of aryl methyl sites for hydroxylation is 1. The maximum Gasteiger partial charge on any atom is 0.395 e. The first-order chi connectivity index (χ1) is 15.4. The van der Waals surface area contributed by atoms with Gasteiger partial charge in [0.2, 0.25) is 0 Å². The van der Waals surface area contributed by atoms with Crippen molar-refractivity contribution in [1.29, 1.82) is 0 Å². The number of alkyl halides is 3. The summed E-state index contributed by atoms with van der Waals surface area (Å²) in [7, 11) is 0. The van der Waals surface area contributed by atoms with Crippen LogP contribution in [0.3, 0.4) is 0 Å². The third-order valence-corrected chi connectivity index (χ3v) is 10.2. The Morgan fingerprint density at radius 3 is 2.52 bits per heavy atom. The molecule has 33 heavy (non-hydrogen) atoms. The van der Waals surface area contributed by atoms with Gasteiger partial charge in [-0.05, 0) is 106 Å². The number of ketones is 1. The summed E-state index contributed by atoms with van der Waals surface area (Å²) in [6.45, 7) is 5.63. The third-order valence-electron chi connectivity index (χ3n) is 10.2. The minimum absolute atomic E-state index is 0.00536. The summed E-state index contributed by atoms with van der Waals surface area (Å²) in [4.78, 5) is 14.6. The molecular formula is C24H35F3N4O2. The molecule has 0 aliphatic heterocycles. The van der Waals surface area contributed by atoms with Gasteiger partial charge >= 0.3 is 6.18 Å². The lowest BCUT2D eigenvalue weighted by Gasteiger charge is -2.62. The van der Waals surface area contributed by atoms with Crippen LogP contribution in [0.2, 0.25) is 0 Å². The number of aromatic nitrogens is 4. The average Bonchev–Trinajstić information content (AvgIpc) is 3.28. The summed E-state index contributed by atoms with van der Waals surface area (Å²) in [6, 6.07) is 0. The topological polar surface area (TPSA) is 80.9 Å². The van der Waals surface area contributed by atoms with Crippen molar-refractivity contribution < 1.29 is 23.1 Å². The first-order valence-electron chi connectivity index (χ1n) is 12.4. The number of aliphatic hydroxyl groups is 1. The lowest BCUT2D eigenvalue weighted by Crippen LogP contribution is -2.62. The normalized spacial score (nSPS) is 45.2. The summed E-state index contributed by atoms with van der Waals surface area (Å²) < 4.78 is 44.5. The molecule has 0 radical (unpaired) electrons. The Kier molecular flexibility index (Phi) is 5.28. The Bertz CT molecular complexity index is 931. The minimum atomic E-state index is -4.27. The molecule has 5 rings (SSSR count). The van der Waals surface area contributed by atoms with Crippen LogP contribution in [0.4, 0.5) is 13.2 Å². The van der Waals surface area contributed by atoms with Gasteiger partial charge in [0.15, 0.2) is 11.6 Å². The molecule has 4 saturated carbocycles. The highest BCUT2D eigenvalue weighted by molar-refractivity contribution is 5.82. The number of nitrogens with zero attached hydrogens (tertiary/aromatic N) is 4. The summed E-state index contributed by atoms with van der Waals surface area (Å²) in [5.74, 6) is -0.358.